The molecule has 4 heteroatoms. The Kier molecular flexibility index (Phi) is 4.17. The van der Waals surface area contributed by atoms with Gasteiger partial charge in [-0.3, -0.25) is 9.59 Å². The molecule has 4 rings (SSSR count). The van der Waals surface area contributed by atoms with Gasteiger partial charge in [-0.15, -0.1) is 0 Å². The van der Waals surface area contributed by atoms with Crippen molar-refractivity contribution in [3.63, 3.8) is 0 Å². The van der Waals surface area contributed by atoms with Crippen molar-refractivity contribution < 1.29 is 4.79 Å². The van der Waals surface area contributed by atoms with E-state index in [0.717, 1.165) is 17.7 Å². The quantitative estimate of drug-likeness (QED) is 0.730. The van der Waals surface area contributed by atoms with Crippen LogP contribution in [0.4, 0.5) is 5.69 Å². The number of carbonyl (C=O) groups excluding carboxylic acids is 1. The molecule has 0 aliphatic carbocycles. The van der Waals surface area contributed by atoms with Gasteiger partial charge in [0, 0.05) is 24.0 Å². The fourth-order valence-corrected chi connectivity index (χ4v) is 3.58. The highest BCUT2D eigenvalue weighted by atomic mass is 16.2. The molecule has 26 heavy (non-hydrogen) atoms. The molecule has 0 fully saturated rings. The van der Waals surface area contributed by atoms with Crippen molar-refractivity contribution in [3.05, 3.63) is 100.0 Å². The normalized spacial score (nSPS) is 15.7. The summed E-state index contributed by atoms with van der Waals surface area (Å²) < 4.78 is 1.59. The fraction of sp³-hybridized carbons (Fsp3) is 0.182. The molecule has 0 spiro atoms. The first-order chi connectivity index (χ1) is 12.6. The minimum Gasteiger partial charge on any atom is -0.310 e. The smallest absolute Gasteiger partial charge is 0.260 e. The molecule has 2 heterocycles. The number of hydrogen-bond acceptors (Lipinski definition) is 2. The third-order valence-electron chi connectivity index (χ3n) is 4.85. The molecule has 0 unspecified atom stereocenters. The van der Waals surface area contributed by atoms with E-state index in [-0.39, 0.29) is 17.5 Å². The van der Waals surface area contributed by atoms with Crippen molar-refractivity contribution in [1.82, 2.24) is 4.57 Å². The number of hydrogen-bond donors (Lipinski definition) is 0. The number of para-hydroxylation sites is 1. The molecule has 0 N–H and O–H groups in total. The molecule has 0 bridgehead atoms. The van der Waals surface area contributed by atoms with Gasteiger partial charge in [-0.2, -0.15) is 0 Å². The van der Waals surface area contributed by atoms with Crippen LogP contribution in [-0.2, 0) is 13.0 Å². The molecule has 1 aliphatic rings. The molecule has 1 atom stereocenters. The number of amides is 1. The van der Waals surface area contributed by atoms with Gasteiger partial charge in [-0.25, -0.2) is 0 Å². The number of fused-ring (bicyclic) bond motifs is 1. The maximum Gasteiger partial charge on any atom is 0.260 e. The molecule has 3 aromatic rings. The topological polar surface area (TPSA) is 42.3 Å². The number of rotatable bonds is 3. The zero-order valence-corrected chi connectivity index (χ0v) is 14.6. The van der Waals surface area contributed by atoms with Gasteiger partial charge < -0.3 is 9.47 Å². The van der Waals surface area contributed by atoms with E-state index in [1.807, 2.05) is 53.4 Å². The van der Waals surface area contributed by atoms with Crippen molar-refractivity contribution in [2.75, 3.05) is 4.90 Å². The van der Waals surface area contributed by atoms with Crippen LogP contribution in [0.3, 0.4) is 0 Å². The Hall–Kier alpha value is -3.14. The molecule has 130 valence electrons. The minimum absolute atomic E-state index is 0.0655. The minimum atomic E-state index is -0.111. The maximum atomic E-state index is 13.1. The summed E-state index contributed by atoms with van der Waals surface area (Å²) in [5.74, 6) is -0.0655. The van der Waals surface area contributed by atoms with E-state index < -0.39 is 0 Å². The number of pyridine rings is 1. The lowest BCUT2D eigenvalue weighted by molar-refractivity contribution is 0.0980. The summed E-state index contributed by atoms with van der Waals surface area (Å²) >= 11 is 0. The van der Waals surface area contributed by atoms with E-state index >= 15 is 0 Å². The molecule has 0 saturated carbocycles. The lowest BCUT2D eigenvalue weighted by Crippen LogP contribution is -2.36. The maximum absolute atomic E-state index is 13.1. The van der Waals surface area contributed by atoms with E-state index in [4.69, 9.17) is 0 Å². The largest absolute Gasteiger partial charge is 0.310 e. The van der Waals surface area contributed by atoms with Gasteiger partial charge in [-0.05, 0) is 36.6 Å². The molecule has 1 amide bonds. The van der Waals surface area contributed by atoms with Crippen molar-refractivity contribution in [1.29, 1.82) is 0 Å². The van der Waals surface area contributed by atoms with Crippen molar-refractivity contribution in [2.24, 2.45) is 0 Å². The molecule has 0 radical (unpaired) electrons. The van der Waals surface area contributed by atoms with E-state index in [1.165, 1.54) is 11.6 Å². The van der Waals surface area contributed by atoms with Gasteiger partial charge in [0.25, 0.3) is 11.5 Å². The van der Waals surface area contributed by atoms with Crippen LogP contribution in [0.2, 0.25) is 0 Å². The second-order valence-corrected chi connectivity index (χ2v) is 6.73. The lowest BCUT2D eigenvalue weighted by Gasteiger charge is -2.23. The molecular formula is C22H20N2O2. The Bertz CT molecular complexity index is 1010. The highest BCUT2D eigenvalue weighted by molar-refractivity contribution is 6.07. The summed E-state index contributed by atoms with van der Waals surface area (Å²) in [7, 11) is 0. The van der Waals surface area contributed by atoms with Crippen LogP contribution in [0.15, 0.2) is 77.7 Å². The highest BCUT2D eigenvalue weighted by Crippen LogP contribution is 2.32. The first kappa shape index (κ1) is 16.3. The average molecular weight is 344 g/mol. The third-order valence-corrected chi connectivity index (χ3v) is 4.85. The van der Waals surface area contributed by atoms with E-state index in [0.29, 0.717) is 12.1 Å². The molecular weight excluding hydrogens is 324 g/mol. The Balaban J connectivity index is 1.67. The molecule has 0 saturated heterocycles. The molecule has 1 aromatic heterocycles. The number of benzene rings is 2. The Morgan fingerprint density at radius 2 is 1.73 bits per heavy atom. The van der Waals surface area contributed by atoms with Crippen molar-refractivity contribution in [2.45, 2.75) is 25.9 Å². The zero-order chi connectivity index (χ0) is 18.1. The first-order valence-electron chi connectivity index (χ1n) is 8.79. The van der Waals surface area contributed by atoms with Crippen LogP contribution < -0.4 is 10.5 Å². The molecule has 2 aromatic carbocycles. The van der Waals surface area contributed by atoms with Gasteiger partial charge >= 0.3 is 0 Å². The van der Waals surface area contributed by atoms with Crippen LogP contribution in [0.5, 0.6) is 0 Å². The average Bonchev–Trinajstić information content (AvgIpc) is 2.99. The third kappa shape index (κ3) is 2.94. The van der Waals surface area contributed by atoms with Crippen molar-refractivity contribution >= 4 is 11.6 Å². The van der Waals surface area contributed by atoms with Gasteiger partial charge in [0.1, 0.15) is 0 Å². The zero-order valence-electron chi connectivity index (χ0n) is 14.6. The monoisotopic (exact) mass is 344 g/mol. The Labute approximate surface area is 152 Å². The first-order valence-corrected chi connectivity index (χ1v) is 8.79. The van der Waals surface area contributed by atoms with Crippen molar-refractivity contribution in [3.8, 4) is 0 Å². The van der Waals surface area contributed by atoms with E-state index in [1.54, 1.807) is 16.8 Å². The summed E-state index contributed by atoms with van der Waals surface area (Å²) in [5, 5.41) is 0. The van der Waals surface area contributed by atoms with Gasteiger partial charge in [0.05, 0.1) is 12.1 Å². The summed E-state index contributed by atoms with van der Waals surface area (Å²) in [4.78, 5) is 27.2. The standard InChI is InChI=1S/C22H20N2O2/c1-16-13-18-9-5-6-10-20(18)24(16)22(26)19-11-12-21(25)23(15-19)14-17-7-3-2-4-8-17/h2-12,15-16H,13-14H2,1H3/t16-/m1/s1. The van der Waals surface area contributed by atoms with Gasteiger partial charge in [0.2, 0.25) is 0 Å². The number of aromatic nitrogens is 1. The second kappa shape index (κ2) is 6.64. The highest BCUT2D eigenvalue weighted by Gasteiger charge is 2.31. The second-order valence-electron chi connectivity index (χ2n) is 6.73. The summed E-state index contributed by atoms with van der Waals surface area (Å²) in [5.41, 5.74) is 3.60. The number of carbonyl (C=O) groups is 1. The van der Waals surface area contributed by atoms with Crippen LogP contribution in [0.25, 0.3) is 0 Å². The summed E-state index contributed by atoms with van der Waals surface area (Å²) in [6, 6.07) is 21.0. The number of anilines is 1. The summed E-state index contributed by atoms with van der Waals surface area (Å²) in [6.45, 7) is 2.50. The van der Waals surface area contributed by atoms with E-state index in [9.17, 15) is 9.59 Å². The van der Waals surface area contributed by atoms with E-state index in [2.05, 4.69) is 13.0 Å². The Morgan fingerprint density at radius 1 is 1.00 bits per heavy atom. The Morgan fingerprint density at radius 3 is 2.54 bits per heavy atom. The van der Waals surface area contributed by atoms with Crippen LogP contribution in [0.1, 0.15) is 28.4 Å². The SMILES string of the molecule is C[C@@H]1Cc2ccccc2N1C(=O)c1ccc(=O)n(Cc2ccccc2)c1. The fourth-order valence-electron chi connectivity index (χ4n) is 3.58. The predicted octanol–water partition coefficient (Wildman–Crippen LogP) is 3.49. The summed E-state index contributed by atoms with van der Waals surface area (Å²) in [6.07, 6.45) is 2.52. The van der Waals surface area contributed by atoms with Crippen LogP contribution in [-0.4, -0.2) is 16.5 Å². The lowest BCUT2D eigenvalue weighted by atomic mass is 10.1. The van der Waals surface area contributed by atoms with Gasteiger partial charge in [-0.1, -0.05) is 48.5 Å². The molecule has 4 nitrogen and oxygen atoms in total. The van der Waals surface area contributed by atoms with Gasteiger partial charge in [0.15, 0.2) is 0 Å². The predicted molar refractivity (Wildman–Crippen MR) is 103 cm³/mol. The van der Waals surface area contributed by atoms with Crippen LogP contribution in [0, 0.1) is 0 Å². The molecule has 1 aliphatic heterocycles. The van der Waals surface area contributed by atoms with Crippen LogP contribution >= 0.6 is 0 Å². The number of nitrogens with zero attached hydrogens (tertiary/aromatic N) is 2.